The highest BCUT2D eigenvalue weighted by Gasteiger charge is 2.30. The van der Waals surface area contributed by atoms with Crippen molar-refractivity contribution in [2.75, 3.05) is 0 Å². The summed E-state index contributed by atoms with van der Waals surface area (Å²) in [4.78, 5) is 0. The van der Waals surface area contributed by atoms with Crippen LogP contribution in [-0.2, 0) is 12.6 Å². The highest BCUT2D eigenvalue weighted by atomic mass is 35.5. The fraction of sp³-hybridized carbons (Fsp3) is 0.133. The van der Waals surface area contributed by atoms with Crippen LogP contribution in [0.4, 0.5) is 13.2 Å². The van der Waals surface area contributed by atoms with Crippen LogP contribution in [0.1, 0.15) is 11.1 Å². The first-order valence-electron chi connectivity index (χ1n) is 5.75. The third-order valence-electron chi connectivity index (χ3n) is 2.85. The largest absolute Gasteiger partial charge is 0.416 e. The van der Waals surface area contributed by atoms with Gasteiger partial charge >= 0.3 is 6.18 Å². The average Bonchev–Trinajstić information content (AvgIpc) is 2.40. The van der Waals surface area contributed by atoms with Gasteiger partial charge in [0.05, 0.1) is 18.1 Å². The molecule has 0 atom stereocenters. The van der Waals surface area contributed by atoms with Gasteiger partial charge in [0.15, 0.2) is 0 Å². The van der Waals surface area contributed by atoms with Gasteiger partial charge in [-0.2, -0.15) is 18.4 Å². The summed E-state index contributed by atoms with van der Waals surface area (Å²) < 4.78 is 38.0. The average molecular weight is 296 g/mol. The predicted molar refractivity (Wildman–Crippen MR) is 71.2 cm³/mol. The fourth-order valence-corrected chi connectivity index (χ4v) is 2.08. The molecular formula is C15H9ClF3N. The molecule has 1 nitrogen and oxygen atoms in total. The monoisotopic (exact) mass is 295 g/mol. The van der Waals surface area contributed by atoms with Crippen LogP contribution < -0.4 is 0 Å². The van der Waals surface area contributed by atoms with Gasteiger partial charge in [0.25, 0.3) is 0 Å². The first-order chi connectivity index (χ1) is 9.41. The second kappa shape index (κ2) is 5.56. The zero-order valence-corrected chi connectivity index (χ0v) is 11.0. The molecule has 0 saturated heterocycles. The lowest BCUT2D eigenvalue weighted by Crippen LogP contribution is -2.04. The second-order valence-corrected chi connectivity index (χ2v) is 4.63. The Labute approximate surface area is 119 Å². The van der Waals surface area contributed by atoms with Crippen molar-refractivity contribution in [3.05, 3.63) is 58.6 Å². The van der Waals surface area contributed by atoms with Crippen LogP contribution in [0.15, 0.2) is 42.5 Å². The molecule has 0 bridgehead atoms. The van der Waals surface area contributed by atoms with E-state index in [1.165, 1.54) is 6.07 Å². The van der Waals surface area contributed by atoms with Gasteiger partial charge in [-0.3, -0.25) is 0 Å². The molecule has 0 fully saturated rings. The number of rotatable bonds is 2. The highest BCUT2D eigenvalue weighted by Crippen LogP contribution is 2.33. The number of alkyl halides is 3. The minimum atomic E-state index is -4.37. The number of nitrogens with zero attached hydrogens (tertiary/aromatic N) is 1. The van der Waals surface area contributed by atoms with Crippen molar-refractivity contribution in [1.82, 2.24) is 0 Å². The molecular weight excluding hydrogens is 287 g/mol. The summed E-state index contributed by atoms with van der Waals surface area (Å²) in [6.07, 6.45) is -4.21. The van der Waals surface area contributed by atoms with Crippen molar-refractivity contribution in [2.24, 2.45) is 0 Å². The molecule has 2 aromatic rings. The van der Waals surface area contributed by atoms with E-state index in [2.05, 4.69) is 0 Å². The maximum atomic E-state index is 12.7. The minimum Gasteiger partial charge on any atom is -0.198 e. The molecule has 0 aliphatic carbocycles. The van der Waals surface area contributed by atoms with E-state index in [4.69, 9.17) is 16.9 Å². The van der Waals surface area contributed by atoms with Gasteiger partial charge < -0.3 is 0 Å². The Morgan fingerprint density at radius 2 is 1.75 bits per heavy atom. The smallest absolute Gasteiger partial charge is 0.198 e. The van der Waals surface area contributed by atoms with Crippen molar-refractivity contribution in [3.8, 4) is 17.2 Å². The third-order valence-corrected chi connectivity index (χ3v) is 3.20. The summed E-state index contributed by atoms with van der Waals surface area (Å²) in [6.45, 7) is 0. The van der Waals surface area contributed by atoms with Gasteiger partial charge in [-0.25, -0.2) is 0 Å². The molecule has 5 heteroatoms. The quantitative estimate of drug-likeness (QED) is 0.757. The molecule has 0 aliphatic rings. The van der Waals surface area contributed by atoms with Crippen LogP contribution in [0.5, 0.6) is 0 Å². The first-order valence-corrected chi connectivity index (χ1v) is 6.12. The lowest BCUT2D eigenvalue weighted by molar-refractivity contribution is -0.137. The number of halogens is 4. The van der Waals surface area contributed by atoms with E-state index in [1.807, 2.05) is 6.07 Å². The van der Waals surface area contributed by atoms with Crippen LogP contribution in [0.25, 0.3) is 11.1 Å². The number of hydrogen-bond acceptors (Lipinski definition) is 1. The summed E-state index contributed by atoms with van der Waals surface area (Å²) in [7, 11) is 0. The van der Waals surface area contributed by atoms with Gasteiger partial charge in [-0.05, 0) is 34.9 Å². The maximum Gasteiger partial charge on any atom is 0.416 e. The zero-order chi connectivity index (χ0) is 14.8. The predicted octanol–water partition coefficient (Wildman–Crippen LogP) is 5.09. The standard InChI is InChI=1S/C15H9ClF3N/c16-14-9-12(5-4-10(14)6-7-20)11-2-1-3-13(8-11)15(17,18)19/h1-5,8-9H,6H2. The normalized spacial score (nSPS) is 11.2. The molecule has 2 rings (SSSR count). The van der Waals surface area contributed by atoms with Crippen LogP contribution in [0, 0.1) is 11.3 Å². The number of hydrogen-bond donors (Lipinski definition) is 0. The molecule has 0 aromatic heterocycles. The molecule has 20 heavy (non-hydrogen) atoms. The highest BCUT2D eigenvalue weighted by molar-refractivity contribution is 6.31. The fourth-order valence-electron chi connectivity index (χ4n) is 1.83. The van der Waals surface area contributed by atoms with Crippen molar-refractivity contribution in [1.29, 1.82) is 5.26 Å². The third kappa shape index (κ3) is 3.12. The van der Waals surface area contributed by atoms with E-state index in [-0.39, 0.29) is 6.42 Å². The molecule has 102 valence electrons. The van der Waals surface area contributed by atoms with Gasteiger partial charge in [0, 0.05) is 5.02 Å². The molecule has 0 radical (unpaired) electrons. The van der Waals surface area contributed by atoms with Crippen LogP contribution in [0.3, 0.4) is 0 Å². The topological polar surface area (TPSA) is 23.8 Å². The van der Waals surface area contributed by atoms with E-state index in [0.717, 1.165) is 12.1 Å². The van der Waals surface area contributed by atoms with Crippen molar-refractivity contribution < 1.29 is 13.2 Å². The lowest BCUT2D eigenvalue weighted by atomic mass is 10.0. The number of nitriles is 1. The van der Waals surface area contributed by atoms with Crippen LogP contribution in [0.2, 0.25) is 5.02 Å². The van der Waals surface area contributed by atoms with Crippen molar-refractivity contribution >= 4 is 11.6 Å². The van der Waals surface area contributed by atoms with Crippen molar-refractivity contribution in [3.63, 3.8) is 0 Å². The molecule has 2 aromatic carbocycles. The zero-order valence-electron chi connectivity index (χ0n) is 10.2. The Morgan fingerprint density at radius 3 is 2.35 bits per heavy atom. The van der Waals surface area contributed by atoms with E-state index in [0.29, 0.717) is 21.7 Å². The second-order valence-electron chi connectivity index (χ2n) is 4.22. The molecule has 0 saturated carbocycles. The molecule has 0 N–H and O–H groups in total. The van der Waals surface area contributed by atoms with Gasteiger partial charge in [0.1, 0.15) is 0 Å². The lowest BCUT2D eigenvalue weighted by Gasteiger charge is -2.10. The van der Waals surface area contributed by atoms with E-state index in [9.17, 15) is 13.2 Å². The van der Waals surface area contributed by atoms with E-state index >= 15 is 0 Å². The Kier molecular flexibility index (Phi) is 4.01. The van der Waals surface area contributed by atoms with E-state index < -0.39 is 11.7 Å². The molecule has 0 aliphatic heterocycles. The summed E-state index contributed by atoms with van der Waals surface area (Å²) in [5.74, 6) is 0. The SMILES string of the molecule is N#CCc1ccc(-c2cccc(C(F)(F)F)c2)cc1Cl. The Bertz CT molecular complexity index is 672. The van der Waals surface area contributed by atoms with Crippen LogP contribution >= 0.6 is 11.6 Å². The first kappa shape index (κ1) is 14.4. The van der Waals surface area contributed by atoms with Crippen molar-refractivity contribution in [2.45, 2.75) is 12.6 Å². The minimum absolute atomic E-state index is 0.168. The van der Waals surface area contributed by atoms with Gasteiger partial charge in [0.2, 0.25) is 0 Å². The summed E-state index contributed by atoms with van der Waals surface area (Å²) in [5.41, 5.74) is 0.977. The van der Waals surface area contributed by atoms with Crippen LogP contribution in [-0.4, -0.2) is 0 Å². The Hall–Kier alpha value is -1.99. The van der Waals surface area contributed by atoms with E-state index in [1.54, 1.807) is 24.3 Å². The number of benzene rings is 2. The summed E-state index contributed by atoms with van der Waals surface area (Å²) in [6, 6.07) is 11.9. The summed E-state index contributed by atoms with van der Waals surface area (Å²) >= 11 is 6.01. The molecule has 0 unspecified atom stereocenters. The Balaban J connectivity index is 2.42. The van der Waals surface area contributed by atoms with Gasteiger partial charge in [-0.1, -0.05) is 35.9 Å². The molecule has 0 heterocycles. The molecule has 0 spiro atoms. The molecule has 0 amide bonds. The summed E-state index contributed by atoms with van der Waals surface area (Å²) in [5, 5.41) is 9.00. The Morgan fingerprint density at radius 1 is 1.05 bits per heavy atom. The van der Waals surface area contributed by atoms with Gasteiger partial charge in [-0.15, -0.1) is 0 Å². The maximum absolute atomic E-state index is 12.7.